The van der Waals surface area contributed by atoms with E-state index in [1.807, 2.05) is 36.4 Å². The zero-order valence-electron chi connectivity index (χ0n) is 10.5. The first kappa shape index (κ1) is 11.5. The number of hydrogen-bond donors (Lipinski definition) is 0. The van der Waals surface area contributed by atoms with E-state index in [-0.39, 0.29) is 0 Å². The molecule has 0 atom stereocenters. The Morgan fingerprint density at radius 2 is 0.789 bits per heavy atom. The van der Waals surface area contributed by atoms with Gasteiger partial charge in [0, 0.05) is 0 Å². The van der Waals surface area contributed by atoms with Gasteiger partial charge in [-0.3, -0.25) is 0 Å². The number of para-hydroxylation sites is 2. The van der Waals surface area contributed by atoms with Gasteiger partial charge in [0.1, 0.15) is 0 Å². The highest BCUT2D eigenvalue weighted by molar-refractivity contribution is 5.62. The molecule has 0 unspecified atom stereocenters. The van der Waals surface area contributed by atoms with E-state index in [2.05, 4.69) is 48.5 Å². The molecule has 3 aromatic rings. The fraction of sp³-hybridized carbons (Fsp3) is 0. The zero-order chi connectivity index (χ0) is 12.9. The van der Waals surface area contributed by atoms with Crippen LogP contribution in [-0.4, -0.2) is 0 Å². The van der Waals surface area contributed by atoms with Crippen molar-refractivity contribution in [1.82, 2.24) is 0 Å². The lowest BCUT2D eigenvalue weighted by Crippen LogP contribution is -1.73. The highest BCUT2D eigenvalue weighted by atomic mass is 16.6. The van der Waals surface area contributed by atoms with Crippen LogP contribution in [0.1, 0.15) is 0 Å². The predicted octanol–water partition coefficient (Wildman–Crippen LogP) is 5.15. The van der Waals surface area contributed by atoms with Crippen LogP contribution in [0.3, 0.4) is 0 Å². The van der Waals surface area contributed by atoms with Gasteiger partial charge in [0.15, 0.2) is 11.5 Å². The van der Waals surface area contributed by atoms with E-state index >= 15 is 0 Å². The summed E-state index contributed by atoms with van der Waals surface area (Å²) in [5.41, 5.74) is 2.55. The Labute approximate surface area is 113 Å². The highest BCUT2D eigenvalue weighted by Gasteiger charge is 2.15. The van der Waals surface area contributed by atoms with Gasteiger partial charge < -0.3 is 4.74 Å². The summed E-state index contributed by atoms with van der Waals surface area (Å²) in [6.07, 6.45) is 0. The van der Waals surface area contributed by atoms with Gasteiger partial charge in [-0.2, -0.15) is 0 Å². The van der Waals surface area contributed by atoms with Gasteiger partial charge >= 0.3 is 0 Å². The zero-order valence-corrected chi connectivity index (χ0v) is 10.5. The summed E-state index contributed by atoms with van der Waals surface area (Å²) in [5.74, 6) is 2.06. The van der Waals surface area contributed by atoms with Crippen molar-refractivity contribution in [1.29, 1.82) is 0 Å². The predicted molar refractivity (Wildman–Crippen MR) is 78.4 cm³/mol. The molecule has 0 saturated heterocycles. The van der Waals surface area contributed by atoms with E-state index in [1.165, 1.54) is 11.1 Å². The Balaban J connectivity index is 0.000000132. The standard InChI is InChI=1S/C12H10.C6H4O/c1-3-7-11(8-4-1)12-9-5-2-6-10-12;1-2-4-6-5(3-1)7-6/h1-10H;1-4H. The van der Waals surface area contributed by atoms with E-state index in [4.69, 9.17) is 4.74 Å². The summed E-state index contributed by atoms with van der Waals surface area (Å²) in [6.45, 7) is 0. The summed E-state index contributed by atoms with van der Waals surface area (Å²) in [6, 6.07) is 28.6. The first-order chi connectivity index (χ1) is 9.43. The molecule has 1 aliphatic heterocycles. The highest BCUT2D eigenvalue weighted by Crippen LogP contribution is 2.43. The second-order valence-electron chi connectivity index (χ2n) is 4.28. The van der Waals surface area contributed by atoms with Crippen molar-refractivity contribution < 1.29 is 4.74 Å². The van der Waals surface area contributed by atoms with Crippen LogP contribution in [0.5, 0.6) is 11.5 Å². The number of benzene rings is 3. The second kappa shape index (κ2) is 5.40. The van der Waals surface area contributed by atoms with Crippen molar-refractivity contribution in [3.8, 4) is 22.6 Å². The average molecular weight is 246 g/mol. The lowest BCUT2D eigenvalue weighted by molar-refractivity contribution is 0.650. The fourth-order valence-electron chi connectivity index (χ4n) is 1.87. The Morgan fingerprint density at radius 1 is 0.421 bits per heavy atom. The van der Waals surface area contributed by atoms with E-state index in [9.17, 15) is 0 Å². The van der Waals surface area contributed by atoms with Crippen LogP contribution in [0.25, 0.3) is 11.1 Å². The van der Waals surface area contributed by atoms with Gasteiger partial charge in [-0.1, -0.05) is 72.8 Å². The maximum atomic E-state index is 4.94. The van der Waals surface area contributed by atoms with Gasteiger partial charge in [0.2, 0.25) is 0 Å². The second-order valence-corrected chi connectivity index (χ2v) is 4.28. The first-order valence-electron chi connectivity index (χ1n) is 6.31. The minimum atomic E-state index is 1.03. The Bertz CT molecular complexity index is 586. The van der Waals surface area contributed by atoms with Crippen LogP contribution in [0.15, 0.2) is 84.9 Å². The molecule has 1 nitrogen and oxygen atoms in total. The molecule has 0 aromatic heterocycles. The normalized spacial score (nSPS) is 10.5. The van der Waals surface area contributed by atoms with Crippen LogP contribution in [0.2, 0.25) is 0 Å². The maximum absolute atomic E-state index is 4.94. The molecule has 0 spiro atoms. The van der Waals surface area contributed by atoms with Crippen LogP contribution >= 0.6 is 0 Å². The SMILES string of the molecule is c1ccc(-c2ccccc2)cc1.c1ccc2c(c1)O2. The Hall–Kier alpha value is -2.54. The third-order valence-electron chi connectivity index (χ3n) is 2.91. The van der Waals surface area contributed by atoms with Crippen LogP contribution in [-0.2, 0) is 0 Å². The van der Waals surface area contributed by atoms with Gasteiger partial charge in [0.05, 0.1) is 0 Å². The van der Waals surface area contributed by atoms with Crippen LogP contribution in [0.4, 0.5) is 0 Å². The van der Waals surface area contributed by atoms with Gasteiger partial charge in [-0.15, -0.1) is 0 Å². The molecule has 1 aliphatic rings. The molecule has 1 heteroatoms. The largest absolute Gasteiger partial charge is 0.450 e. The van der Waals surface area contributed by atoms with Gasteiger partial charge in [0.25, 0.3) is 0 Å². The number of ether oxygens (including phenoxy) is 1. The fourth-order valence-corrected chi connectivity index (χ4v) is 1.87. The maximum Gasteiger partial charge on any atom is 0.170 e. The summed E-state index contributed by atoms with van der Waals surface area (Å²) >= 11 is 0. The third kappa shape index (κ3) is 3.02. The molecule has 0 amide bonds. The van der Waals surface area contributed by atoms with Crippen molar-refractivity contribution in [2.24, 2.45) is 0 Å². The first-order valence-corrected chi connectivity index (χ1v) is 6.31. The lowest BCUT2D eigenvalue weighted by atomic mass is 10.1. The number of hydrogen-bond acceptors (Lipinski definition) is 1. The molecule has 0 bridgehead atoms. The van der Waals surface area contributed by atoms with E-state index in [0.717, 1.165) is 11.5 Å². The van der Waals surface area contributed by atoms with E-state index in [1.54, 1.807) is 0 Å². The Morgan fingerprint density at radius 3 is 1.16 bits per heavy atom. The molecule has 19 heavy (non-hydrogen) atoms. The lowest BCUT2D eigenvalue weighted by Gasteiger charge is -1.98. The molecule has 3 aromatic carbocycles. The number of fused-ring (bicyclic) bond motifs is 1. The summed E-state index contributed by atoms with van der Waals surface area (Å²) in [7, 11) is 0. The smallest absolute Gasteiger partial charge is 0.170 e. The molecule has 0 N–H and O–H groups in total. The topological polar surface area (TPSA) is 12.5 Å². The van der Waals surface area contributed by atoms with E-state index in [0.29, 0.717) is 0 Å². The molecule has 0 fully saturated rings. The molecule has 0 saturated carbocycles. The molecule has 92 valence electrons. The van der Waals surface area contributed by atoms with Crippen molar-refractivity contribution in [3.05, 3.63) is 84.9 Å². The van der Waals surface area contributed by atoms with Crippen molar-refractivity contribution in [2.45, 2.75) is 0 Å². The average Bonchev–Trinajstić information content (AvgIpc) is 3.29. The van der Waals surface area contributed by atoms with Crippen molar-refractivity contribution in [3.63, 3.8) is 0 Å². The molecule has 0 aliphatic carbocycles. The molecule has 1 heterocycles. The van der Waals surface area contributed by atoms with Crippen molar-refractivity contribution >= 4 is 0 Å². The quantitative estimate of drug-likeness (QED) is 0.423. The molecular formula is C18H14O. The third-order valence-corrected chi connectivity index (χ3v) is 2.91. The summed E-state index contributed by atoms with van der Waals surface area (Å²) < 4.78 is 4.94. The molecule has 0 radical (unpaired) electrons. The molecule has 4 rings (SSSR count). The van der Waals surface area contributed by atoms with E-state index < -0.39 is 0 Å². The number of rotatable bonds is 1. The van der Waals surface area contributed by atoms with Crippen LogP contribution < -0.4 is 4.74 Å². The van der Waals surface area contributed by atoms with Gasteiger partial charge in [-0.25, -0.2) is 0 Å². The minimum Gasteiger partial charge on any atom is -0.450 e. The van der Waals surface area contributed by atoms with Gasteiger partial charge in [-0.05, 0) is 23.3 Å². The van der Waals surface area contributed by atoms with Crippen molar-refractivity contribution in [2.75, 3.05) is 0 Å². The Kier molecular flexibility index (Phi) is 3.28. The monoisotopic (exact) mass is 246 g/mol. The minimum absolute atomic E-state index is 1.03. The summed E-state index contributed by atoms with van der Waals surface area (Å²) in [4.78, 5) is 0. The summed E-state index contributed by atoms with van der Waals surface area (Å²) in [5, 5.41) is 0. The molecular weight excluding hydrogens is 232 g/mol. The van der Waals surface area contributed by atoms with Crippen LogP contribution in [0, 0.1) is 0 Å².